The van der Waals surface area contributed by atoms with E-state index in [0.717, 1.165) is 31.7 Å². The Hall–Kier alpha value is -1.84. The molecular formula is C27H41N3. The van der Waals surface area contributed by atoms with Crippen LogP contribution in [0.2, 0.25) is 0 Å². The lowest BCUT2D eigenvalue weighted by atomic mass is 9.94. The number of hydrogen-bond donors (Lipinski definition) is 1. The summed E-state index contributed by atoms with van der Waals surface area (Å²) in [6, 6.07) is 13.2. The van der Waals surface area contributed by atoms with Crippen molar-refractivity contribution in [3.05, 3.63) is 64.2 Å². The largest absolute Gasteiger partial charge is 0.399 e. The minimum absolute atomic E-state index is 0.263. The summed E-state index contributed by atoms with van der Waals surface area (Å²) >= 11 is 0. The van der Waals surface area contributed by atoms with Crippen LogP contribution in [0.15, 0.2) is 36.4 Å². The van der Waals surface area contributed by atoms with E-state index >= 15 is 0 Å². The average molecular weight is 408 g/mol. The Bertz CT molecular complexity index is 797. The zero-order valence-corrected chi connectivity index (χ0v) is 20.2. The molecule has 164 valence electrons. The van der Waals surface area contributed by atoms with Crippen LogP contribution in [-0.4, -0.2) is 34.0 Å². The second-order valence-electron chi connectivity index (χ2n) is 11.0. The smallest absolute Gasteiger partial charge is 0.0316 e. The van der Waals surface area contributed by atoms with E-state index in [-0.39, 0.29) is 5.54 Å². The van der Waals surface area contributed by atoms with Crippen LogP contribution in [0, 0.1) is 6.92 Å². The fourth-order valence-corrected chi connectivity index (χ4v) is 4.40. The lowest BCUT2D eigenvalue weighted by Crippen LogP contribution is -2.44. The zero-order chi connectivity index (χ0) is 22.1. The fraction of sp³-hybridized carbons (Fsp3) is 0.556. The lowest BCUT2D eigenvalue weighted by Gasteiger charge is -2.39. The molecule has 30 heavy (non-hydrogen) atoms. The molecule has 0 amide bonds. The third kappa shape index (κ3) is 5.65. The Morgan fingerprint density at radius 1 is 0.667 bits per heavy atom. The molecule has 0 saturated carbocycles. The molecule has 2 aromatic carbocycles. The second-order valence-corrected chi connectivity index (χ2v) is 11.0. The number of hydrogen-bond acceptors (Lipinski definition) is 3. The van der Waals surface area contributed by atoms with Crippen LogP contribution in [0.5, 0.6) is 0 Å². The number of nitrogen functional groups attached to an aromatic ring is 1. The van der Waals surface area contributed by atoms with Crippen molar-refractivity contribution in [3.63, 3.8) is 0 Å². The molecule has 2 aromatic rings. The summed E-state index contributed by atoms with van der Waals surface area (Å²) in [5.41, 5.74) is 14.5. The van der Waals surface area contributed by atoms with E-state index in [1.807, 2.05) is 6.07 Å². The van der Waals surface area contributed by atoms with Gasteiger partial charge in [0.05, 0.1) is 0 Å². The van der Waals surface area contributed by atoms with Crippen molar-refractivity contribution in [2.45, 2.75) is 85.5 Å². The van der Waals surface area contributed by atoms with Crippen molar-refractivity contribution in [3.8, 4) is 0 Å². The Morgan fingerprint density at radius 3 is 1.63 bits per heavy atom. The molecule has 0 aliphatic carbocycles. The molecule has 0 unspecified atom stereocenters. The van der Waals surface area contributed by atoms with E-state index in [1.54, 1.807) is 5.56 Å². The molecule has 0 atom stereocenters. The van der Waals surface area contributed by atoms with Crippen molar-refractivity contribution >= 4 is 5.69 Å². The predicted octanol–water partition coefficient (Wildman–Crippen LogP) is 5.58. The topological polar surface area (TPSA) is 32.5 Å². The van der Waals surface area contributed by atoms with Gasteiger partial charge in [-0.25, -0.2) is 0 Å². The van der Waals surface area contributed by atoms with Crippen molar-refractivity contribution in [1.82, 2.24) is 9.80 Å². The maximum absolute atomic E-state index is 5.79. The number of nitrogens with zero attached hydrogens (tertiary/aromatic N) is 2. The minimum atomic E-state index is 0.263. The maximum atomic E-state index is 5.79. The van der Waals surface area contributed by atoms with Crippen LogP contribution in [0.4, 0.5) is 5.69 Å². The zero-order valence-electron chi connectivity index (χ0n) is 20.2. The van der Waals surface area contributed by atoms with Crippen LogP contribution in [-0.2, 0) is 25.9 Å². The van der Waals surface area contributed by atoms with Gasteiger partial charge >= 0.3 is 0 Å². The van der Waals surface area contributed by atoms with Gasteiger partial charge in [-0.1, -0.05) is 29.8 Å². The third-order valence-corrected chi connectivity index (χ3v) is 6.51. The number of anilines is 1. The first-order valence-corrected chi connectivity index (χ1v) is 11.4. The molecule has 0 radical (unpaired) electrons. The van der Waals surface area contributed by atoms with E-state index in [1.165, 1.54) is 35.2 Å². The van der Waals surface area contributed by atoms with Crippen LogP contribution >= 0.6 is 0 Å². The lowest BCUT2D eigenvalue weighted by molar-refractivity contribution is 0.120. The van der Waals surface area contributed by atoms with Crippen LogP contribution in [0.1, 0.15) is 69.4 Å². The average Bonchev–Trinajstić information content (AvgIpc) is 2.66. The normalized spacial score (nSPS) is 17.6. The van der Waals surface area contributed by atoms with Gasteiger partial charge in [-0.2, -0.15) is 0 Å². The molecule has 3 heteroatoms. The summed E-state index contributed by atoms with van der Waals surface area (Å²) in [5.74, 6) is 0. The maximum Gasteiger partial charge on any atom is 0.0316 e. The summed E-state index contributed by atoms with van der Waals surface area (Å²) in [4.78, 5) is 5.08. The summed E-state index contributed by atoms with van der Waals surface area (Å²) in [5, 5.41) is 0. The predicted molar refractivity (Wildman–Crippen MR) is 130 cm³/mol. The molecule has 0 bridgehead atoms. The molecule has 2 aliphatic rings. The molecule has 0 aromatic heterocycles. The van der Waals surface area contributed by atoms with Crippen LogP contribution in [0.25, 0.3) is 0 Å². The molecule has 2 N–H and O–H groups in total. The third-order valence-electron chi connectivity index (χ3n) is 6.51. The van der Waals surface area contributed by atoms with E-state index in [4.69, 9.17) is 5.73 Å². The molecule has 4 rings (SSSR count). The van der Waals surface area contributed by atoms with E-state index in [0.29, 0.717) is 5.54 Å². The number of benzene rings is 2. The fourth-order valence-electron chi connectivity index (χ4n) is 4.40. The molecule has 2 aliphatic heterocycles. The first kappa shape index (κ1) is 22.8. The highest BCUT2D eigenvalue weighted by Crippen LogP contribution is 2.27. The SMILES string of the molecule is CC(C)(C)N1CCc2cc(N)ccc2C1.Cc1ccc2c(c1)CCN(C(C)(C)C)C2. The highest BCUT2D eigenvalue weighted by Gasteiger charge is 2.26. The summed E-state index contributed by atoms with van der Waals surface area (Å²) in [6.45, 7) is 20.4. The second kappa shape index (κ2) is 8.72. The number of rotatable bonds is 0. The summed E-state index contributed by atoms with van der Waals surface area (Å²) in [6.07, 6.45) is 2.33. The molecular weight excluding hydrogens is 366 g/mol. The molecule has 0 spiro atoms. The van der Waals surface area contributed by atoms with Gasteiger partial charge in [-0.15, -0.1) is 0 Å². The molecule has 0 fully saturated rings. The van der Waals surface area contributed by atoms with Gasteiger partial charge in [0.1, 0.15) is 0 Å². The quantitative estimate of drug-likeness (QED) is 0.579. The van der Waals surface area contributed by atoms with Crippen LogP contribution in [0.3, 0.4) is 0 Å². The Morgan fingerprint density at radius 2 is 1.13 bits per heavy atom. The van der Waals surface area contributed by atoms with E-state index in [2.05, 4.69) is 88.6 Å². The summed E-state index contributed by atoms with van der Waals surface area (Å²) < 4.78 is 0. The van der Waals surface area contributed by atoms with Gasteiger partial charge < -0.3 is 5.73 Å². The van der Waals surface area contributed by atoms with Gasteiger partial charge in [0.2, 0.25) is 0 Å². The Kier molecular flexibility index (Phi) is 6.64. The minimum Gasteiger partial charge on any atom is -0.399 e. The summed E-state index contributed by atoms with van der Waals surface area (Å²) in [7, 11) is 0. The number of aryl methyl sites for hydroxylation is 1. The Balaban J connectivity index is 0.000000171. The number of nitrogens with two attached hydrogens (primary N) is 1. The van der Waals surface area contributed by atoms with Crippen molar-refractivity contribution in [2.24, 2.45) is 0 Å². The molecule has 0 saturated heterocycles. The standard InChI is InChI=1S/C14H21N.C13H20N2/c1-11-5-6-13-10-15(14(2,3)4)8-7-12(13)9-11;1-13(2,3)15-7-6-10-8-12(14)5-4-11(10)9-15/h5-6,9H,7-8,10H2,1-4H3;4-5,8H,6-7,9,14H2,1-3H3. The molecule has 3 nitrogen and oxygen atoms in total. The first-order chi connectivity index (χ1) is 13.9. The van der Waals surface area contributed by atoms with Gasteiger partial charge in [0, 0.05) is 42.9 Å². The van der Waals surface area contributed by atoms with Gasteiger partial charge in [-0.3, -0.25) is 9.80 Å². The van der Waals surface area contributed by atoms with Gasteiger partial charge in [0.15, 0.2) is 0 Å². The Labute approximate surface area is 184 Å². The number of fused-ring (bicyclic) bond motifs is 2. The van der Waals surface area contributed by atoms with E-state index < -0.39 is 0 Å². The van der Waals surface area contributed by atoms with Crippen LogP contribution < -0.4 is 5.73 Å². The molecule has 2 heterocycles. The highest BCUT2D eigenvalue weighted by molar-refractivity contribution is 5.45. The van der Waals surface area contributed by atoms with E-state index in [9.17, 15) is 0 Å². The highest BCUT2D eigenvalue weighted by atomic mass is 15.2. The van der Waals surface area contributed by atoms with Gasteiger partial charge in [0.25, 0.3) is 0 Å². The monoisotopic (exact) mass is 407 g/mol. The van der Waals surface area contributed by atoms with Crippen molar-refractivity contribution < 1.29 is 0 Å². The first-order valence-electron chi connectivity index (χ1n) is 11.4. The van der Waals surface area contributed by atoms with Gasteiger partial charge in [-0.05, 0) is 95.7 Å². The van der Waals surface area contributed by atoms with Crippen molar-refractivity contribution in [1.29, 1.82) is 0 Å². The van der Waals surface area contributed by atoms with Crippen molar-refractivity contribution in [2.75, 3.05) is 18.8 Å².